The van der Waals surface area contributed by atoms with Crippen LogP contribution in [0.5, 0.6) is 5.75 Å². The second kappa shape index (κ2) is 4.77. The highest BCUT2D eigenvalue weighted by Gasteiger charge is 2.05. The fourth-order valence-electron chi connectivity index (χ4n) is 0.903. The SMILES string of the molecule is NCc1[c]cccc1OCC(F)F. The van der Waals surface area contributed by atoms with Crippen LogP contribution >= 0.6 is 0 Å². The van der Waals surface area contributed by atoms with Gasteiger partial charge in [-0.25, -0.2) is 8.78 Å². The minimum Gasteiger partial charge on any atom is -0.487 e. The average Bonchev–Trinajstić information content (AvgIpc) is 2.15. The molecule has 71 valence electrons. The highest BCUT2D eigenvalue weighted by Crippen LogP contribution is 2.16. The first-order chi connectivity index (χ1) is 6.24. The fraction of sp³-hybridized carbons (Fsp3) is 0.333. The minimum absolute atomic E-state index is 0.236. The summed E-state index contributed by atoms with van der Waals surface area (Å²) in [6.45, 7) is -0.371. The second-order valence-corrected chi connectivity index (χ2v) is 2.42. The topological polar surface area (TPSA) is 35.2 Å². The molecule has 0 unspecified atom stereocenters. The van der Waals surface area contributed by atoms with Gasteiger partial charge in [-0.3, -0.25) is 0 Å². The van der Waals surface area contributed by atoms with Crippen LogP contribution in [0.25, 0.3) is 0 Å². The maximum atomic E-state index is 11.8. The standard InChI is InChI=1S/C9H10F2NO/c10-9(11)6-13-8-4-2-1-3-7(8)5-12/h1-2,4,9H,5-6,12H2. The van der Waals surface area contributed by atoms with Gasteiger partial charge >= 0.3 is 0 Å². The number of hydrogen-bond acceptors (Lipinski definition) is 2. The van der Waals surface area contributed by atoms with E-state index in [4.69, 9.17) is 10.5 Å². The normalized spacial score (nSPS) is 10.5. The summed E-state index contributed by atoms with van der Waals surface area (Å²) in [6, 6.07) is 7.74. The molecule has 0 spiro atoms. The number of ether oxygens (including phenoxy) is 1. The van der Waals surface area contributed by atoms with Gasteiger partial charge in [0.2, 0.25) is 0 Å². The van der Waals surface area contributed by atoms with Gasteiger partial charge in [0.25, 0.3) is 6.43 Å². The smallest absolute Gasteiger partial charge is 0.272 e. The zero-order valence-corrected chi connectivity index (χ0v) is 6.97. The molecule has 4 heteroatoms. The van der Waals surface area contributed by atoms with Gasteiger partial charge in [-0.15, -0.1) is 0 Å². The summed E-state index contributed by atoms with van der Waals surface area (Å²) in [5, 5.41) is 0. The van der Waals surface area contributed by atoms with E-state index in [0.29, 0.717) is 11.3 Å². The molecule has 0 saturated carbocycles. The van der Waals surface area contributed by atoms with Gasteiger partial charge in [-0.2, -0.15) is 0 Å². The van der Waals surface area contributed by atoms with Crippen molar-refractivity contribution in [1.82, 2.24) is 0 Å². The Morgan fingerprint density at radius 2 is 2.31 bits per heavy atom. The number of benzene rings is 1. The fourth-order valence-corrected chi connectivity index (χ4v) is 0.903. The Labute approximate surface area is 75.3 Å². The van der Waals surface area contributed by atoms with Crippen LogP contribution in [0.15, 0.2) is 18.2 Å². The molecule has 2 nitrogen and oxygen atoms in total. The largest absolute Gasteiger partial charge is 0.487 e. The zero-order chi connectivity index (χ0) is 9.68. The Hall–Kier alpha value is -1.16. The number of hydrogen-bond donors (Lipinski definition) is 1. The average molecular weight is 186 g/mol. The third-order valence-corrected chi connectivity index (χ3v) is 1.47. The van der Waals surface area contributed by atoms with E-state index in [1.807, 2.05) is 0 Å². The van der Waals surface area contributed by atoms with E-state index < -0.39 is 13.0 Å². The van der Waals surface area contributed by atoms with Crippen LogP contribution in [0.1, 0.15) is 5.56 Å². The lowest BCUT2D eigenvalue weighted by molar-refractivity contribution is 0.0814. The Morgan fingerprint density at radius 3 is 2.92 bits per heavy atom. The number of alkyl halides is 2. The van der Waals surface area contributed by atoms with Crippen molar-refractivity contribution in [1.29, 1.82) is 0 Å². The van der Waals surface area contributed by atoms with Crippen molar-refractivity contribution in [3.8, 4) is 5.75 Å². The summed E-state index contributed by atoms with van der Waals surface area (Å²) in [4.78, 5) is 0. The van der Waals surface area contributed by atoms with Crippen molar-refractivity contribution in [2.24, 2.45) is 5.73 Å². The Morgan fingerprint density at radius 1 is 1.54 bits per heavy atom. The molecule has 0 aromatic heterocycles. The van der Waals surface area contributed by atoms with Gasteiger partial charge in [0.05, 0.1) is 0 Å². The molecular weight excluding hydrogens is 176 g/mol. The van der Waals surface area contributed by atoms with Crippen molar-refractivity contribution in [3.63, 3.8) is 0 Å². The van der Waals surface area contributed by atoms with Gasteiger partial charge < -0.3 is 10.5 Å². The highest BCUT2D eigenvalue weighted by atomic mass is 19.3. The number of nitrogens with two attached hydrogens (primary N) is 1. The van der Waals surface area contributed by atoms with E-state index in [-0.39, 0.29) is 6.54 Å². The summed E-state index contributed by atoms with van der Waals surface area (Å²) in [5.41, 5.74) is 5.97. The summed E-state index contributed by atoms with van der Waals surface area (Å²) < 4.78 is 28.4. The first-order valence-corrected chi connectivity index (χ1v) is 3.84. The van der Waals surface area contributed by atoms with Crippen LogP contribution in [-0.2, 0) is 6.54 Å². The van der Waals surface area contributed by atoms with Crippen molar-refractivity contribution >= 4 is 0 Å². The quantitative estimate of drug-likeness (QED) is 0.774. The molecule has 13 heavy (non-hydrogen) atoms. The van der Waals surface area contributed by atoms with Crippen LogP contribution in [-0.4, -0.2) is 13.0 Å². The predicted octanol–water partition coefficient (Wildman–Crippen LogP) is 1.59. The van der Waals surface area contributed by atoms with Gasteiger partial charge in [0, 0.05) is 12.1 Å². The lowest BCUT2D eigenvalue weighted by atomic mass is 10.2. The molecule has 0 saturated heterocycles. The first kappa shape index (κ1) is 9.92. The lowest BCUT2D eigenvalue weighted by Crippen LogP contribution is -2.09. The van der Waals surface area contributed by atoms with Crippen molar-refractivity contribution in [3.05, 3.63) is 29.8 Å². The molecule has 0 heterocycles. The van der Waals surface area contributed by atoms with Crippen LogP contribution in [0.3, 0.4) is 0 Å². The van der Waals surface area contributed by atoms with Gasteiger partial charge in [0.15, 0.2) is 0 Å². The summed E-state index contributed by atoms with van der Waals surface area (Å²) in [7, 11) is 0. The minimum atomic E-state index is -2.47. The Kier molecular flexibility index (Phi) is 3.64. The molecule has 0 amide bonds. The summed E-state index contributed by atoms with van der Waals surface area (Å²) in [6.07, 6.45) is -2.47. The van der Waals surface area contributed by atoms with Gasteiger partial charge in [-0.05, 0) is 12.1 Å². The van der Waals surface area contributed by atoms with E-state index in [9.17, 15) is 8.78 Å². The zero-order valence-electron chi connectivity index (χ0n) is 6.97. The lowest BCUT2D eigenvalue weighted by Gasteiger charge is -2.08. The third kappa shape index (κ3) is 2.99. The van der Waals surface area contributed by atoms with E-state index in [2.05, 4.69) is 6.07 Å². The molecule has 0 aliphatic heterocycles. The van der Waals surface area contributed by atoms with Crippen LogP contribution in [0, 0.1) is 6.07 Å². The molecule has 0 aliphatic rings. The van der Waals surface area contributed by atoms with Crippen LogP contribution in [0.4, 0.5) is 8.78 Å². The molecule has 0 bridgehead atoms. The molecule has 1 rings (SSSR count). The maximum Gasteiger partial charge on any atom is 0.272 e. The van der Waals surface area contributed by atoms with E-state index in [1.54, 1.807) is 18.2 Å². The molecule has 1 aromatic rings. The molecule has 0 atom stereocenters. The van der Waals surface area contributed by atoms with Crippen LogP contribution < -0.4 is 10.5 Å². The molecule has 2 N–H and O–H groups in total. The van der Waals surface area contributed by atoms with E-state index >= 15 is 0 Å². The predicted molar refractivity (Wildman–Crippen MR) is 44.7 cm³/mol. The first-order valence-electron chi connectivity index (χ1n) is 3.84. The maximum absolute atomic E-state index is 11.8. The molecule has 1 radical (unpaired) electrons. The molecule has 0 aliphatic carbocycles. The number of halogens is 2. The monoisotopic (exact) mass is 186 g/mol. The van der Waals surface area contributed by atoms with Crippen LogP contribution in [0.2, 0.25) is 0 Å². The van der Waals surface area contributed by atoms with Gasteiger partial charge in [-0.1, -0.05) is 12.1 Å². The van der Waals surface area contributed by atoms with E-state index in [1.165, 1.54) is 0 Å². The summed E-state index contributed by atoms with van der Waals surface area (Å²) >= 11 is 0. The van der Waals surface area contributed by atoms with Crippen molar-refractivity contribution in [2.75, 3.05) is 6.61 Å². The van der Waals surface area contributed by atoms with Crippen molar-refractivity contribution < 1.29 is 13.5 Å². The molecular formula is C9H10F2NO. The summed E-state index contributed by atoms with van der Waals surface area (Å²) in [5.74, 6) is 0.380. The number of rotatable bonds is 4. The molecule has 0 fully saturated rings. The van der Waals surface area contributed by atoms with Crippen molar-refractivity contribution in [2.45, 2.75) is 13.0 Å². The molecule has 1 aromatic carbocycles. The third-order valence-electron chi connectivity index (χ3n) is 1.47. The second-order valence-electron chi connectivity index (χ2n) is 2.42. The Bertz CT molecular complexity index is 266. The van der Waals surface area contributed by atoms with E-state index in [0.717, 1.165) is 0 Å². The Balaban J connectivity index is 2.64. The van der Waals surface area contributed by atoms with Gasteiger partial charge in [0.1, 0.15) is 12.4 Å². The highest BCUT2D eigenvalue weighted by molar-refractivity contribution is 5.31.